The summed E-state index contributed by atoms with van der Waals surface area (Å²) >= 11 is 4.19. The van der Waals surface area contributed by atoms with Gasteiger partial charge in [-0.1, -0.05) is 46.3 Å². The van der Waals surface area contributed by atoms with E-state index in [0.29, 0.717) is 30.7 Å². The maximum absolute atomic E-state index is 11.7. The van der Waals surface area contributed by atoms with Gasteiger partial charge >= 0.3 is 0 Å². The average molecular weight is 487 g/mol. The number of nitrogens with zero attached hydrogens (tertiary/aromatic N) is 1. The zero-order valence-corrected chi connectivity index (χ0v) is 18.4. The molecule has 0 radical (unpaired) electrons. The molecule has 2 aromatic carbocycles. The van der Waals surface area contributed by atoms with Gasteiger partial charge in [0.05, 0.1) is 17.6 Å². The van der Waals surface area contributed by atoms with Crippen LogP contribution < -0.4 is 10.1 Å². The number of carbonyl (C=O) groups is 2. The first kappa shape index (κ1) is 20.7. The van der Waals surface area contributed by atoms with E-state index >= 15 is 0 Å². The lowest BCUT2D eigenvalue weighted by atomic mass is 10.1. The molecule has 154 valence electrons. The van der Waals surface area contributed by atoms with Crippen LogP contribution in [0.4, 0.5) is 4.79 Å². The summed E-state index contributed by atoms with van der Waals surface area (Å²) in [7, 11) is 0. The third-order valence-electron chi connectivity index (χ3n) is 4.66. The Hall–Kier alpha value is -2.58. The molecule has 3 aromatic rings. The number of hydrogen-bond acceptors (Lipinski definition) is 6. The maximum Gasteiger partial charge on any atom is 0.287 e. The van der Waals surface area contributed by atoms with E-state index in [1.165, 1.54) is 0 Å². The average Bonchev–Trinajstić information content (AvgIpc) is 3.32. The summed E-state index contributed by atoms with van der Waals surface area (Å²) in [5.41, 5.74) is 2.78. The molecular formula is C22H19BrN2O4S. The van der Waals surface area contributed by atoms with Crippen molar-refractivity contribution in [3.8, 4) is 17.2 Å². The fourth-order valence-electron chi connectivity index (χ4n) is 3.14. The predicted octanol–water partition coefficient (Wildman–Crippen LogP) is 4.75. The Kier molecular flexibility index (Phi) is 6.54. The molecule has 6 nitrogen and oxygen atoms in total. The smallest absolute Gasteiger partial charge is 0.287 e. The van der Waals surface area contributed by atoms with E-state index in [-0.39, 0.29) is 10.4 Å². The normalized spacial score (nSPS) is 16.0. The minimum atomic E-state index is -0.456. The molecule has 0 saturated carbocycles. The second-order valence-corrected chi connectivity index (χ2v) is 8.28. The summed E-state index contributed by atoms with van der Waals surface area (Å²) in [5, 5.41) is 2.84. The zero-order valence-electron chi connectivity index (χ0n) is 16.0. The van der Waals surface area contributed by atoms with Crippen LogP contribution in [0.1, 0.15) is 17.0 Å². The van der Waals surface area contributed by atoms with E-state index in [1.54, 1.807) is 0 Å². The molecule has 1 atom stereocenters. The van der Waals surface area contributed by atoms with Gasteiger partial charge in [0.2, 0.25) is 11.0 Å². The van der Waals surface area contributed by atoms with Crippen LogP contribution in [0.15, 0.2) is 59.0 Å². The van der Waals surface area contributed by atoms with E-state index in [2.05, 4.69) is 26.2 Å². The van der Waals surface area contributed by atoms with Crippen LogP contribution in [-0.2, 0) is 23.0 Å². The van der Waals surface area contributed by atoms with Gasteiger partial charge in [-0.25, -0.2) is 4.98 Å². The number of hydrogen-bond donors (Lipinski definition) is 1. The molecule has 8 heteroatoms. The Morgan fingerprint density at radius 1 is 1.10 bits per heavy atom. The number of nitrogens with one attached hydrogen (secondary N) is 1. The van der Waals surface area contributed by atoms with Crippen molar-refractivity contribution in [2.45, 2.75) is 24.2 Å². The van der Waals surface area contributed by atoms with E-state index in [1.807, 2.05) is 54.6 Å². The van der Waals surface area contributed by atoms with Gasteiger partial charge in [-0.05, 0) is 29.8 Å². The van der Waals surface area contributed by atoms with E-state index in [0.717, 1.165) is 40.1 Å². The van der Waals surface area contributed by atoms with Crippen molar-refractivity contribution in [2.75, 3.05) is 6.61 Å². The number of thioether (sulfide) groups is 1. The molecule has 1 aliphatic heterocycles. The largest absolute Gasteiger partial charge is 0.493 e. The standard InChI is InChI=1S/C22H19BrN2O4S/c23-13-19-17(24-20(29-19)15-4-2-1-3-5-15)10-11-28-16-8-6-14(7-9-16)12-18-21(26)30-22(27)25-18/h1-9,18H,10-13H2,(H,25,27). The number of alkyl halides is 1. The van der Waals surface area contributed by atoms with Gasteiger partial charge in [-0.15, -0.1) is 0 Å². The number of benzene rings is 2. The van der Waals surface area contributed by atoms with Gasteiger partial charge in [-0.3, -0.25) is 9.59 Å². The van der Waals surface area contributed by atoms with E-state index in [9.17, 15) is 9.59 Å². The Labute approximate surface area is 186 Å². The summed E-state index contributed by atoms with van der Waals surface area (Å²) in [6, 6.07) is 16.9. The highest BCUT2D eigenvalue weighted by atomic mass is 79.9. The van der Waals surface area contributed by atoms with Gasteiger partial charge in [0.15, 0.2) is 0 Å². The molecule has 4 rings (SSSR count). The van der Waals surface area contributed by atoms with Crippen molar-refractivity contribution in [1.82, 2.24) is 10.3 Å². The lowest BCUT2D eigenvalue weighted by Gasteiger charge is -2.09. The molecule has 1 aliphatic rings. The van der Waals surface area contributed by atoms with Crippen LogP contribution in [0.2, 0.25) is 0 Å². The van der Waals surface area contributed by atoms with Gasteiger partial charge in [0.25, 0.3) is 5.24 Å². The molecule has 1 aromatic heterocycles. The molecule has 0 aliphatic carbocycles. The monoisotopic (exact) mass is 486 g/mol. The molecule has 0 spiro atoms. The molecule has 30 heavy (non-hydrogen) atoms. The Balaban J connectivity index is 1.33. The molecule has 1 unspecified atom stereocenters. The van der Waals surface area contributed by atoms with Gasteiger partial charge in [0, 0.05) is 30.2 Å². The number of carbonyl (C=O) groups excluding carboxylic acids is 2. The van der Waals surface area contributed by atoms with Crippen molar-refractivity contribution in [2.24, 2.45) is 0 Å². The maximum atomic E-state index is 11.7. The second kappa shape index (κ2) is 9.49. The number of rotatable bonds is 8. The lowest BCUT2D eigenvalue weighted by molar-refractivity contribution is -0.112. The first-order valence-corrected chi connectivity index (χ1v) is 11.4. The number of amides is 1. The van der Waals surface area contributed by atoms with E-state index in [4.69, 9.17) is 9.15 Å². The SMILES string of the molecule is O=C1NC(Cc2ccc(OCCc3nc(-c4ccccc4)oc3CBr)cc2)C(=O)S1. The summed E-state index contributed by atoms with van der Waals surface area (Å²) in [5.74, 6) is 2.15. The number of ether oxygens (including phenoxy) is 1. The number of oxazole rings is 1. The first-order chi connectivity index (χ1) is 14.6. The molecule has 1 amide bonds. The van der Waals surface area contributed by atoms with Crippen LogP contribution in [0, 0.1) is 0 Å². The molecule has 2 heterocycles. The van der Waals surface area contributed by atoms with Crippen LogP contribution in [-0.4, -0.2) is 28.0 Å². The summed E-state index contributed by atoms with van der Waals surface area (Å²) < 4.78 is 11.7. The van der Waals surface area contributed by atoms with Crippen molar-refractivity contribution in [3.05, 3.63) is 71.6 Å². The highest BCUT2D eigenvalue weighted by molar-refractivity contribution is 9.08. The lowest BCUT2D eigenvalue weighted by Crippen LogP contribution is -2.30. The quantitative estimate of drug-likeness (QED) is 0.462. The molecule has 1 saturated heterocycles. The van der Waals surface area contributed by atoms with Crippen LogP contribution in [0.3, 0.4) is 0 Å². The van der Waals surface area contributed by atoms with Crippen molar-refractivity contribution >= 4 is 38.0 Å². The Bertz CT molecular complexity index is 1040. The zero-order chi connectivity index (χ0) is 20.9. The van der Waals surface area contributed by atoms with Crippen LogP contribution >= 0.6 is 27.7 Å². The van der Waals surface area contributed by atoms with E-state index < -0.39 is 6.04 Å². The Morgan fingerprint density at radius 2 is 1.87 bits per heavy atom. The summed E-state index contributed by atoms with van der Waals surface area (Å²) in [6.07, 6.45) is 1.10. The molecule has 1 fully saturated rings. The summed E-state index contributed by atoms with van der Waals surface area (Å²) in [6.45, 7) is 0.466. The first-order valence-electron chi connectivity index (χ1n) is 9.46. The van der Waals surface area contributed by atoms with Crippen LogP contribution in [0.25, 0.3) is 11.5 Å². The van der Waals surface area contributed by atoms with Crippen molar-refractivity contribution in [1.29, 1.82) is 0 Å². The summed E-state index contributed by atoms with van der Waals surface area (Å²) in [4.78, 5) is 27.6. The highest BCUT2D eigenvalue weighted by Crippen LogP contribution is 2.24. The third-order valence-corrected chi connectivity index (χ3v) is 5.96. The number of halogens is 1. The van der Waals surface area contributed by atoms with Gasteiger partial charge < -0.3 is 14.5 Å². The van der Waals surface area contributed by atoms with Gasteiger partial charge in [0.1, 0.15) is 17.6 Å². The fraction of sp³-hybridized carbons (Fsp3) is 0.227. The van der Waals surface area contributed by atoms with Crippen molar-refractivity contribution < 1.29 is 18.7 Å². The molecule has 1 N–H and O–H groups in total. The second-order valence-electron chi connectivity index (χ2n) is 6.74. The molecule has 0 bridgehead atoms. The van der Waals surface area contributed by atoms with Crippen molar-refractivity contribution in [3.63, 3.8) is 0 Å². The van der Waals surface area contributed by atoms with Crippen LogP contribution in [0.5, 0.6) is 5.75 Å². The predicted molar refractivity (Wildman–Crippen MR) is 119 cm³/mol. The highest BCUT2D eigenvalue weighted by Gasteiger charge is 2.31. The third kappa shape index (κ3) is 4.94. The minimum absolute atomic E-state index is 0.134. The fourth-order valence-corrected chi connectivity index (χ4v) is 4.24. The van der Waals surface area contributed by atoms with Gasteiger partial charge in [-0.2, -0.15) is 0 Å². The topological polar surface area (TPSA) is 81.4 Å². The number of aromatic nitrogens is 1. The minimum Gasteiger partial charge on any atom is -0.493 e. The Morgan fingerprint density at radius 3 is 2.53 bits per heavy atom. The molecular weight excluding hydrogens is 468 g/mol.